The molecule has 11 heavy (non-hydrogen) atoms. The van der Waals surface area contributed by atoms with E-state index < -0.39 is 0 Å². The summed E-state index contributed by atoms with van der Waals surface area (Å²) < 4.78 is 1.06. The van der Waals surface area contributed by atoms with Crippen molar-refractivity contribution in [2.75, 3.05) is 40.8 Å². The van der Waals surface area contributed by atoms with E-state index in [1.165, 1.54) is 35.8 Å². The molecule has 0 aromatic rings. The molecule has 0 amide bonds. The molecule has 0 aromatic heterocycles. The minimum absolute atomic E-state index is 1.06. The van der Waals surface area contributed by atoms with E-state index in [4.69, 9.17) is 0 Å². The van der Waals surface area contributed by atoms with Crippen LogP contribution in [0.1, 0.15) is 6.42 Å². The molecule has 0 fully saturated rings. The van der Waals surface area contributed by atoms with Crippen LogP contribution in [-0.2, 0) is 0 Å². The zero-order chi connectivity index (χ0) is 8.74. The Morgan fingerprint density at radius 3 is 2.27 bits per heavy atom. The SMILES string of the molecule is C[N+](C)(C)CCNCCC[SiH3]. The highest BCUT2D eigenvalue weighted by Crippen LogP contribution is 1.87. The van der Waals surface area contributed by atoms with Crippen molar-refractivity contribution in [3.63, 3.8) is 0 Å². The van der Waals surface area contributed by atoms with Crippen molar-refractivity contribution in [1.82, 2.24) is 5.32 Å². The molecule has 0 rings (SSSR count). The molecule has 0 bridgehead atoms. The number of nitrogens with zero attached hydrogens (tertiary/aromatic N) is 1. The van der Waals surface area contributed by atoms with Gasteiger partial charge in [0.1, 0.15) is 0 Å². The lowest BCUT2D eigenvalue weighted by Crippen LogP contribution is -2.40. The van der Waals surface area contributed by atoms with E-state index in [2.05, 4.69) is 26.5 Å². The first-order chi connectivity index (χ1) is 5.06. The van der Waals surface area contributed by atoms with Crippen molar-refractivity contribution >= 4 is 10.2 Å². The van der Waals surface area contributed by atoms with Crippen molar-refractivity contribution in [3.8, 4) is 0 Å². The lowest BCUT2D eigenvalue weighted by molar-refractivity contribution is -0.869. The van der Waals surface area contributed by atoms with Crippen LogP contribution in [0.5, 0.6) is 0 Å². The van der Waals surface area contributed by atoms with Gasteiger partial charge in [-0.05, 0) is 13.0 Å². The summed E-state index contributed by atoms with van der Waals surface area (Å²) in [7, 11) is 8.05. The Balaban J connectivity index is 3.02. The molecule has 0 aliphatic carbocycles. The van der Waals surface area contributed by atoms with E-state index in [1.807, 2.05) is 0 Å². The Hall–Kier alpha value is 0.137. The van der Waals surface area contributed by atoms with Crippen LogP contribution in [0.4, 0.5) is 0 Å². The van der Waals surface area contributed by atoms with Crippen LogP contribution in [0.3, 0.4) is 0 Å². The summed E-state index contributed by atoms with van der Waals surface area (Å²) in [5.74, 6) is 0. The van der Waals surface area contributed by atoms with Crippen LogP contribution in [0.25, 0.3) is 0 Å². The van der Waals surface area contributed by atoms with Crippen molar-refractivity contribution in [2.24, 2.45) is 0 Å². The number of likely N-dealkylation sites (N-methyl/N-ethyl adjacent to an activating group) is 1. The lowest BCUT2D eigenvalue weighted by atomic mass is 10.4. The van der Waals surface area contributed by atoms with Crippen molar-refractivity contribution in [2.45, 2.75) is 12.5 Å². The van der Waals surface area contributed by atoms with Crippen LogP contribution < -0.4 is 5.32 Å². The molecular formula is C8H23N2Si+. The minimum atomic E-state index is 1.06. The molecule has 0 saturated heterocycles. The Morgan fingerprint density at radius 1 is 1.18 bits per heavy atom. The van der Waals surface area contributed by atoms with E-state index >= 15 is 0 Å². The first-order valence-electron chi connectivity index (χ1n) is 4.57. The molecule has 2 nitrogen and oxygen atoms in total. The third-order valence-corrected chi connectivity index (χ3v) is 2.37. The van der Waals surface area contributed by atoms with Crippen LogP contribution in [0, 0.1) is 0 Å². The standard InChI is InChI=1S/C8H23N2Si/c1-10(2,3)7-6-9-5-4-8-11/h9H,4-8H2,1-3,11H3/q+1. The third kappa shape index (κ3) is 10.1. The summed E-state index contributed by atoms with van der Waals surface area (Å²) in [5.41, 5.74) is 0. The highest BCUT2D eigenvalue weighted by atomic mass is 28.1. The highest BCUT2D eigenvalue weighted by Gasteiger charge is 2.03. The van der Waals surface area contributed by atoms with Gasteiger partial charge in [-0.15, -0.1) is 0 Å². The third-order valence-electron chi connectivity index (χ3n) is 1.67. The number of nitrogens with one attached hydrogen (secondary N) is 1. The molecule has 0 saturated carbocycles. The van der Waals surface area contributed by atoms with E-state index in [1.54, 1.807) is 0 Å². The first kappa shape index (κ1) is 11.1. The normalized spacial score (nSPS) is 12.3. The van der Waals surface area contributed by atoms with E-state index in [0.717, 1.165) is 11.0 Å². The zero-order valence-corrected chi connectivity index (χ0v) is 10.5. The minimum Gasteiger partial charge on any atom is -0.330 e. The fraction of sp³-hybridized carbons (Fsp3) is 1.00. The van der Waals surface area contributed by atoms with E-state index in [-0.39, 0.29) is 0 Å². The summed E-state index contributed by atoms with van der Waals surface area (Å²) in [6.07, 6.45) is 1.36. The number of quaternary nitrogens is 1. The maximum Gasteiger partial charge on any atom is 0.0907 e. The van der Waals surface area contributed by atoms with Gasteiger partial charge >= 0.3 is 0 Å². The van der Waals surface area contributed by atoms with Gasteiger partial charge in [-0.3, -0.25) is 0 Å². The number of rotatable bonds is 6. The summed E-state index contributed by atoms with van der Waals surface area (Å²) in [6.45, 7) is 3.59. The summed E-state index contributed by atoms with van der Waals surface area (Å²) in [5, 5.41) is 3.45. The van der Waals surface area contributed by atoms with Gasteiger partial charge < -0.3 is 9.80 Å². The van der Waals surface area contributed by atoms with Gasteiger partial charge in [-0.25, -0.2) is 0 Å². The molecule has 0 heterocycles. The molecule has 0 aromatic carbocycles. The fourth-order valence-electron chi connectivity index (χ4n) is 0.841. The van der Waals surface area contributed by atoms with Gasteiger partial charge in [0.05, 0.1) is 27.7 Å². The fourth-order valence-corrected chi connectivity index (χ4v) is 1.19. The monoisotopic (exact) mass is 175 g/mol. The summed E-state index contributed by atoms with van der Waals surface area (Å²) in [4.78, 5) is 0. The lowest BCUT2D eigenvalue weighted by Gasteiger charge is -2.23. The van der Waals surface area contributed by atoms with Gasteiger partial charge in [0.2, 0.25) is 0 Å². The second-order valence-electron chi connectivity index (χ2n) is 4.12. The van der Waals surface area contributed by atoms with Crippen molar-refractivity contribution < 1.29 is 4.48 Å². The van der Waals surface area contributed by atoms with Crippen LogP contribution in [0.15, 0.2) is 0 Å². The molecule has 0 unspecified atom stereocenters. The second kappa shape index (κ2) is 5.74. The molecule has 0 aliphatic heterocycles. The first-order valence-corrected chi connectivity index (χ1v) is 5.99. The molecule has 68 valence electrons. The Kier molecular flexibility index (Phi) is 5.82. The van der Waals surface area contributed by atoms with E-state index in [9.17, 15) is 0 Å². The van der Waals surface area contributed by atoms with Gasteiger partial charge in [0.25, 0.3) is 0 Å². The average Bonchev–Trinajstić information content (AvgIpc) is 1.85. The molecule has 0 radical (unpaired) electrons. The molecule has 1 N–H and O–H groups in total. The Labute approximate surface area is 74.0 Å². The van der Waals surface area contributed by atoms with Crippen LogP contribution in [0.2, 0.25) is 6.04 Å². The zero-order valence-electron chi connectivity index (χ0n) is 8.48. The predicted molar refractivity (Wildman–Crippen MR) is 55.1 cm³/mol. The maximum atomic E-state index is 3.45. The van der Waals surface area contributed by atoms with E-state index in [0.29, 0.717) is 0 Å². The topological polar surface area (TPSA) is 12.0 Å². The van der Waals surface area contributed by atoms with Crippen LogP contribution in [-0.4, -0.2) is 55.5 Å². The largest absolute Gasteiger partial charge is 0.330 e. The molecule has 0 aliphatic rings. The maximum absolute atomic E-state index is 3.45. The Morgan fingerprint density at radius 2 is 1.82 bits per heavy atom. The number of hydrogen-bond donors (Lipinski definition) is 1. The highest BCUT2D eigenvalue weighted by molar-refractivity contribution is 6.08. The van der Waals surface area contributed by atoms with Crippen molar-refractivity contribution in [3.05, 3.63) is 0 Å². The Bertz CT molecular complexity index is 88.6. The van der Waals surface area contributed by atoms with Crippen LogP contribution >= 0.6 is 0 Å². The quantitative estimate of drug-likeness (QED) is 0.325. The van der Waals surface area contributed by atoms with Crippen molar-refractivity contribution in [1.29, 1.82) is 0 Å². The molecule has 0 atom stereocenters. The smallest absolute Gasteiger partial charge is 0.0907 e. The predicted octanol–water partition coefficient (Wildman–Crippen LogP) is -0.544. The molecular weight excluding hydrogens is 152 g/mol. The number of hydrogen-bond acceptors (Lipinski definition) is 1. The summed E-state index contributed by atoms with van der Waals surface area (Å²) in [6, 6.07) is 1.43. The molecule has 0 spiro atoms. The van der Waals surface area contributed by atoms with Gasteiger partial charge in [-0.2, -0.15) is 0 Å². The van der Waals surface area contributed by atoms with Gasteiger partial charge in [-0.1, -0.05) is 6.04 Å². The summed E-state index contributed by atoms with van der Waals surface area (Å²) >= 11 is 0. The van der Waals surface area contributed by atoms with Gasteiger partial charge in [0.15, 0.2) is 0 Å². The molecule has 3 heteroatoms. The average molecular weight is 175 g/mol. The van der Waals surface area contributed by atoms with Gasteiger partial charge in [0, 0.05) is 16.8 Å². The second-order valence-corrected chi connectivity index (χ2v) is 5.12.